The van der Waals surface area contributed by atoms with E-state index in [0.717, 1.165) is 23.2 Å². The Labute approximate surface area is 100 Å². The van der Waals surface area contributed by atoms with E-state index in [1.807, 2.05) is 18.2 Å². The summed E-state index contributed by atoms with van der Waals surface area (Å²) in [5.74, 6) is 0.523. The van der Waals surface area contributed by atoms with Crippen LogP contribution in [0.5, 0.6) is 0 Å². The zero-order valence-electron chi connectivity index (χ0n) is 9.38. The molecule has 1 N–H and O–H groups in total. The van der Waals surface area contributed by atoms with Gasteiger partial charge in [-0.1, -0.05) is 37.6 Å². The number of allylic oxidation sites excluding steroid dienone is 1. The highest BCUT2D eigenvalue weighted by Crippen LogP contribution is 2.34. The van der Waals surface area contributed by atoms with E-state index in [2.05, 4.69) is 19.2 Å². The van der Waals surface area contributed by atoms with Gasteiger partial charge in [0.05, 0.1) is 5.69 Å². The van der Waals surface area contributed by atoms with Gasteiger partial charge in [-0.05, 0) is 24.5 Å². The standard InChI is InChI=1S/C13H14ClNO/c1-8(2)3-5-11-10-6-4-9(14)7-12(10)15-13(11)16/h4-8H,3H2,1-2H3,(H,15,16). The zero-order valence-corrected chi connectivity index (χ0v) is 10.1. The van der Waals surface area contributed by atoms with Crippen LogP contribution >= 0.6 is 11.6 Å². The summed E-state index contributed by atoms with van der Waals surface area (Å²) in [5, 5.41) is 3.46. The van der Waals surface area contributed by atoms with E-state index in [1.54, 1.807) is 6.07 Å². The largest absolute Gasteiger partial charge is 0.321 e. The highest BCUT2D eigenvalue weighted by atomic mass is 35.5. The van der Waals surface area contributed by atoms with Gasteiger partial charge in [0.1, 0.15) is 0 Å². The third-order valence-corrected chi connectivity index (χ3v) is 2.79. The summed E-state index contributed by atoms with van der Waals surface area (Å²) in [5.41, 5.74) is 2.53. The quantitative estimate of drug-likeness (QED) is 0.778. The van der Waals surface area contributed by atoms with E-state index in [9.17, 15) is 4.79 Å². The average Bonchev–Trinajstić information content (AvgIpc) is 2.50. The van der Waals surface area contributed by atoms with Crippen molar-refractivity contribution >= 4 is 28.8 Å². The van der Waals surface area contributed by atoms with Crippen molar-refractivity contribution in [1.29, 1.82) is 0 Å². The van der Waals surface area contributed by atoms with Crippen LogP contribution in [0.1, 0.15) is 25.8 Å². The summed E-state index contributed by atoms with van der Waals surface area (Å²) >= 11 is 5.88. The molecule has 1 amide bonds. The smallest absolute Gasteiger partial charge is 0.256 e. The summed E-state index contributed by atoms with van der Waals surface area (Å²) in [4.78, 5) is 11.7. The number of carbonyl (C=O) groups is 1. The Hall–Kier alpha value is -1.28. The number of hydrogen-bond donors (Lipinski definition) is 1. The number of nitrogens with one attached hydrogen (secondary N) is 1. The number of carbonyl (C=O) groups excluding carboxylic acids is 1. The molecule has 0 unspecified atom stereocenters. The van der Waals surface area contributed by atoms with E-state index in [4.69, 9.17) is 11.6 Å². The van der Waals surface area contributed by atoms with Crippen molar-refractivity contribution in [2.24, 2.45) is 5.92 Å². The third-order valence-electron chi connectivity index (χ3n) is 2.56. The van der Waals surface area contributed by atoms with Crippen LogP contribution in [0.3, 0.4) is 0 Å². The third kappa shape index (κ3) is 2.12. The molecule has 0 aromatic heterocycles. The van der Waals surface area contributed by atoms with Gasteiger partial charge in [0, 0.05) is 16.2 Å². The minimum atomic E-state index is -0.0297. The molecule has 1 aromatic carbocycles. The zero-order chi connectivity index (χ0) is 11.7. The maximum atomic E-state index is 11.7. The van der Waals surface area contributed by atoms with E-state index in [0.29, 0.717) is 10.9 Å². The van der Waals surface area contributed by atoms with Gasteiger partial charge in [-0.15, -0.1) is 0 Å². The van der Waals surface area contributed by atoms with Crippen molar-refractivity contribution in [2.75, 3.05) is 5.32 Å². The molecule has 2 rings (SSSR count). The molecule has 2 nitrogen and oxygen atoms in total. The monoisotopic (exact) mass is 235 g/mol. The Balaban J connectivity index is 2.36. The van der Waals surface area contributed by atoms with Crippen LogP contribution in [0.4, 0.5) is 5.69 Å². The molecule has 0 radical (unpaired) electrons. The lowest BCUT2D eigenvalue weighted by Gasteiger charge is -2.01. The molecule has 0 fully saturated rings. The van der Waals surface area contributed by atoms with Crippen molar-refractivity contribution in [3.8, 4) is 0 Å². The van der Waals surface area contributed by atoms with E-state index in [-0.39, 0.29) is 5.91 Å². The van der Waals surface area contributed by atoms with Gasteiger partial charge < -0.3 is 5.32 Å². The second-order valence-corrected chi connectivity index (χ2v) is 4.83. The molecule has 1 aliphatic rings. The van der Waals surface area contributed by atoms with Gasteiger partial charge in [-0.3, -0.25) is 4.79 Å². The Morgan fingerprint density at radius 3 is 2.88 bits per heavy atom. The molecule has 16 heavy (non-hydrogen) atoms. The molecule has 84 valence electrons. The summed E-state index contributed by atoms with van der Waals surface area (Å²) < 4.78 is 0. The van der Waals surface area contributed by atoms with E-state index >= 15 is 0 Å². The Morgan fingerprint density at radius 1 is 1.44 bits per heavy atom. The van der Waals surface area contributed by atoms with Gasteiger partial charge in [0.2, 0.25) is 0 Å². The van der Waals surface area contributed by atoms with Crippen LogP contribution in [0, 0.1) is 5.92 Å². The molecule has 0 atom stereocenters. The Kier molecular flexibility index (Phi) is 3.01. The van der Waals surface area contributed by atoms with Crippen LogP contribution in [-0.4, -0.2) is 5.91 Å². The van der Waals surface area contributed by atoms with E-state index < -0.39 is 0 Å². The van der Waals surface area contributed by atoms with Gasteiger partial charge in [0.25, 0.3) is 5.91 Å². The minimum absolute atomic E-state index is 0.0297. The molecule has 0 saturated heterocycles. The van der Waals surface area contributed by atoms with Crippen LogP contribution < -0.4 is 5.32 Å². The summed E-state index contributed by atoms with van der Waals surface area (Å²) in [6.07, 6.45) is 2.91. The molecule has 0 spiro atoms. The lowest BCUT2D eigenvalue weighted by Crippen LogP contribution is -2.03. The molecule has 0 bridgehead atoms. The average molecular weight is 236 g/mol. The lowest BCUT2D eigenvalue weighted by atomic mass is 10.0. The second kappa shape index (κ2) is 4.30. The van der Waals surface area contributed by atoms with Crippen molar-refractivity contribution < 1.29 is 4.79 Å². The van der Waals surface area contributed by atoms with Gasteiger partial charge in [0.15, 0.2) is 0 Å². The maximum absolute atomic E-state index is 11.7. The second-order valence-electron chi connectivity index (χ2n) is 4.39. The Morgan fingerprint density at radius 2 is 2.19 bits per heavy atom. The summed E-state index contributed by atoms with van der Waals surface area (Å²) in [6, 6.07) is 5.48. The fourth-order valence-corrected chi connectivity index (χ4v) is 1.90. The predicted octanol–water partition coefficient (Wildman–Crippen LogP) is 3.72. The number of anilines is 1. The van der Waals surface area contributed by atoms with Crippen molar-refractivity contribution in [1.82, 2.24) is 0 Å². The summed E-state index contributed by atoms with van der Waals surface area (Å²) in [7, 11) is 0. The van der Waals surface area contributed by atoms with Crippen LogP contribution in [0.2, 0.25) is 5.02 Å². The Bertz CT molecular complexity index is 463. The van der Waals surface area contributed by atoms with Crippen LogP contribution in [-0.2, 0) is 4.79 Å². The van der Waals surface area contributed by atoms with Crippen molar-refractivity contribution in [2.45, 2.75) is 20.3 Å². The summed E-state index contributed by atoms with van der Waals surface area (Å²) in [6.45, 7) is 4.26. The molecule has 1 aromatic rings. The number of benzene rings is 1. The van der Waals surface area contributed by atoms with Crippen molar-refractivity contribution in [3.05, 3.63) is 34.9 Å². The number of rotatable bonds is 2. The predicted molar refractivity (Wildman–Crippen MR) is 67.5 cm³/mol. The first kappa shape index (κ1) is 11.2. The van der Waals surface area contributed by atoms with Gasteiger partial charge in [-0.25, -0.2) is 0 Å². The first-order valence-corrected chi connectivity index (χ1v) is 5.77. The highest BCUT2D eigenvalue weighted by molar-refractivity contribution is 6.34. The molecule has 1 aliphatic heterocycles. The SMILES string of the molecule is CC(C)CC=C1C(=O)Nc2cc(Cl)ccc21. The first-order chi connectivity index (χ1) is 7.58. The topological polar surface area (TPSA) is 29.1 Å². The molecule has 3 heteroatoms. The highest BCUT2D eigenvalue weighted by Gasteiger charge is 2.23. The molecule has 1 heterocycles. The minimum Gasteiger partial charge on any atom is -0.321 e. The molecular formula is C13H14ClNO. The maximum Gasteiger partial charge on any atom is 0.256 e. The lowest BCUT2D eigenvalue weighted by molar-refractivity contribution is -0.110. The van der Waals surface area contributed by atoms with Crippen molar-refractivity contribution in [3.63, 3.8) is 0 Å². The number of amides is 1. The number of halogens is 1. The molecule has 0 aliphatic carbocycles. The van der Waals surface area contributed by atoms with Crippen LogP contribution in [0.15, 0.2) is 24.3 Å². The fraction of sp³-hybridized carbons (Fsp3) is 0.308. The first-order valence-electron chi connectivity index (χ1n) is 5.39. The van der Waals surface area contributed by atoms with Gasteiger partial charge >= 0.3 is 0 Å². The number of hydrogen-bond acceptors (Lipinski definition) is 1. The van der Waals surface area contributed by atoms with E-state index in [1.165, 1.54) is 0 Å². The normalized spacial score (nSPS) is 16.8. The van der Waals surface area contributed by atoms with Gasteiger partial charge in [-0.2, -0.15) is 0 Å². The molecular weight excluding hydrogens is 222 g/mol. The van der Waals surface area contributed by atoms with Crippen LogP contribution in [0.25, 0.3) is 5.57 Å². The number of fused-ring (bicyclic) bond motifs is 1. The molecule has 0 saturated carbocycles. The fourth-order valence-electron chi connectivity index (χ4n) is 1.72.